The molecule has 0 aromatic carbocycles. The molecule has 2 rings (SSSR count). The van der Waals surface area contributed by atoms with E-state index >= 15 is 0 Å². The number of hydrogen-bond donors (Lipinski definition) is 2. The van der Waals surface area contributed by atoms with Gasteiger partial charge in [-0.2, -0.15) is 0 Å². The third-order valence-electron chi connectivity index (χ3n) is 4.57. The average Bonchev–Trinajstić information content (AvgIpc) is 3.18. The highest BCUT2D eigenvalue weighted by Gasteiger charge is 2.15. The Hall–Kier alpha value is -0.160. The lowest BCUT2D eigenvalue weighted by molar-refractivity contribution is -0.0320. The molecular formula is C19H38IN3O4. The van der Waals surface area contributed by atoms with Crippen LogP contribution in [0.3, 0.4) is 0 Å². The maximum atomic E-state index is 5.89. The Morgan fingerprint density at radius 1 is 1.04 bits per heavy atom. The van der Waals surface area contributed by atoms with E-state index in [9.17, 15) is 0 Å². The smallest absolute Gasteiger partial charge is 0.191 e. The monoisotopic (exact) mass is 499 g/mol. The summed E-state index contributed by atoms with van der Waals surface area (Å²) in [5, 5.41) is 6.65. The molecule has 8 heteroatoms. The molecule has 160 valence electrons. The molecule has 7 nitrogen and oxygen atoms in total. The summed E-state index contributed by atoms with van der Waals surface area (Å²) in [6.07, 6.45) is 5.47. The van der Waals surface area contributed by atoms with Gasteiger partial charge in [-0.25, -0.2) is 0 Å². The second-order valence-corrected chi connectivity index (χ2v) is 6.88. The lowest BCUT2D eigenvalue weighted by Crippen LogP contribution is -2.38. The van der Waals surface area contributed by atoms with Crippen LogP contribution in [0.1, 0.15) is 39.0 Å². The molecule has 0 bridgehead atoms. The Morgan fingerprint density at radius 2 is 1.85 bits per heavy atom. The van der Waals surface area contributed by atoms with Gasteiger partial charge in [0.15, 0.2) is 5.96 Å². The fraction of sp³-hybridized carbons (Fsp3) is 0.947. The fourth-order valence-corrected chi connectivity index (χ4v) is 3.04. The van der Waals surface area contributed by atoms with Crippen LogP contribution in [0.5, 0.6) is 0 Å². The Bertz CT molecular complexity index is 376. The molecule has 0 aromatic heterocycles. The molecule has 1 unspecified atom stereocenters. The summed E-state index contributed by atoms with van der Waals surface area (Å²) < 4.78 is 22.3. The van der Waals surface area contributed by atoms with Gasteiger partial charge in [-0.3, -0.25) is 4.99 Å². The molecule has 2 fully saturated rings. The van der Waals surface area contributed by atoms with Crippen molar-refractivity contribution in [2.24, 2.45) is 10.9 Å². The van der Waals surface area contributed by atoms with Crippen molar-refractivity contribution in [2.45, 2.75) is 45.1 Å². The SMILES string of the molecule is CCNC(=NCCCOCC1CCOC1)NCCCOC1CCOCC1.I. The van der Waals surface area contributed by atoms with Crippen molar-refractivity contribution < 1.29 is 18.9 Å². The number of nitrogens with one attached hydrogen (secondary N) is 2. The van der Waals surface area contributed by atoms with E-state index in [1.54, 1.807) is 0 Å². The van der Waals surface area contributed by atoms with Crippen LogP contribution in [0.4, 0.5) is 0 Å². The Labute approximate surface area is 181 Å². The minimum atomic E-state index is 0. The first-order valence-electron chi connectivity index (χ1n) is 10.3. The van der Waals surface area contributed by atoms with E-state index in [0.29, 0.717) is 12.0 Å². The van der Waals surface area contributed by atoms with Crippen LogP contribution in [0.15, 0.2) is 4.99 Å². The summed E-state index contributed by atoms with van der Waals surface area (Å²) in [5.74, 6) is 1.46. The molecule has 0 aromatic rings. The number of hydrogen-bond acceptors (Lipinski definition) is 5. The average molecular weight is 499 g/mol. The molecule has 0 aliphatic carbocycles. The van der Waals surface area contributed by atoms with Crippen molar-refractivity contribution in [3.63, 3.8) is 0 Å². The summed E-state index contributed by atoms with van der Waals surface area (Å²) in [7, 11) is 0. The zero-order valence-corrected chi connectivity index (χ0v) is 19.1. The number of aliphatic imine (C=N–C) groups is 1. The highest BCUT2D eigenvalue weighted by atomic mass is 127. The molecule has 2 aliphatic rings. The van der Waals surface area contributed by atoms with Crippen LogP contribution in [-0.4, -0.2) is 77.9 Å². The molecule has 2 heterocycles. The van der Waals surface area contributed by atoms with E-state index in [2.05, 4.69) is 22.5 Å². The van der Waals surface area contributed by atoms with Gasteiger partial charge in [-0.15, -0.1) is 24.0 Å². The highest BCUT2D eigenvalue weighted by Crippen LogP contribution is 2.12. The Balaban J connectivity index is 0.00000364. The van der Waals surface area contributed by atoms with Crippen LogP contribution in [0, 0.1) is 5.92 Å². The topological polar surface area (TPSA) is 73.3 Å². The maximum absolute atomic E-state index is 5.89. The van der Waals surface area contributed by atoms with E-state index in [0.717, 1.165) is 104 Å². The summed E-state index contributed by atoms with van der Waals surface area (Å²) in [4.78, 5) is 4.60. The van der Waals surface area contributed by atoms with Crippen LogP contribution in [0.2, 0.25) is 0 Å². The van der Waals surface area contributed by atoms with Gasteiger partial charge in [0.2, 0.25) is 0 Å². The number of guanidine groups is 1. The maximum Gasteiger partial charge on any atom is 0.191 e. The Morgan fingerprint density at radius 3 is 2.59 bits per heavy atom. The van der Waals surface area contributed by atoms with Crippen molar-refractivity contribution in [1.29, 1.82) is 0 Å². The van der Waals surface area contributed by atoms with Gasteiger partial charge in [0, 0.05) is 58.6 Å². The third kappa shape index (κ3) is 12.1. The molecule has 2 N–H and O–H groups in total. The molecular weight excluding hydrogens is 461 g/mol. The van der Waals surface area contributed by atoms with Gasteiger partial charge in [-0.05, 0) is 39.0 Å². The molecule has 0 saturated carbocycles. The van der Waals surface area contributed by atoms with E-state index in [1.807, 2.05) is 0 Å². The lowest BCUT2D eigenvalue weighted by atomic mass is 10.1. The molecule has 0 radical (unpaired) electrons. The van der Waals surface area contributed by atoms with Gasteiger partial charge in [0.25, 0.3) is 0 Å². The summed E-state index contributed by atoms with van der Waals surface area (Å²) >= 11 is 0. The first-order valence-corrected chi connectivity index (χ1v) is 10.3. The van der Waals surface area contributed by atoms with Gasteiger partial charge in [-0.1, -0.05) is 0 Å². The van der Waals surface area contributed by atoms with Crippen molar-refractivity contribution >= 4 is 29.9 Å². The van der Waals surface area contributed by atoms with Gasteiger partial charge in [0.1, 0.15) is 0 Å². The summed E-state index contributed by atoms with van der Waals surface area (Å²) in [5.41, 5.74) is 0. The summed E-state index contributed by atoms with van der Waals surface area (Å²) in [6.45, 7) is 10.4. The molecule has 2 saturated heterocycles. The zero-order chi connectivity index (χ0) is 18.3. The number of halogens is 1. The first-order chi connectivity index (χ1) is 12.9. The molecule has 0 spiro atoms. The van der Waals surface area contributed by atoms with Crippen molar-refractivity contribution in [3.8, 4) is 0 Å². The fourth-order valence-electron chi connectivity index (χ4n) is 3.04. The second kappa shape index (κ2) is 16.8. The van der Waals surface area contributed by atoms with Gasteiger partial charge >= 0.3 is 0 Å². The normalized spacial score (nSPS) is 21.1. The minimum Gasteiger partial charge on any atom is -0.381 e. The Kier molecular flexibility index (Phi) is 15.4. The van der Waals surface area contributed by atoms with Crippen molar-refractivity contribution in [1.82, 2.24) is 10.6 Å². The van der Waals surface area contributed by atoms with Crippen LogP contribution in [0.25, 0.3) is 0 Å². The van der Waals surface area contributed by atoms with E-state index in [-0.39, 0.29) is 24.0 Å². The van der Waals surface area contributed by atoms with Crippen molar-refractivity contribution in [3.05, 3.63) is 0 Å². The largest absolute Gasteiger partial charge is 0.381 e. The van der Waals surface area contributed by atoms with Gasteiger partial charge < -0.3 is 29.6 Å². The summed E-state index contributed by atoms with van der Waals surface area (Å²) in [6, 6.07) is 0. The lowest BCUT2D eigenvalue weighted by Gasteiger charge is -2.22. The van der Waals surface area contributed by atoms with Crippen LogP contribution < -0.4 is 10.6 Å². The minimum absolute atomic E-state index is 0. The number of nitrogens with zero attached hydrogens (tertiary/aromatic N) is 1. The second-order valence-electron chi connectivity index (χ2n) is 6.88. The molecule has 2 aliphatic heterocycles. The van der Waals surface area contributed by atoms with E-state index < -0.39 is 0 Å². The number of ether oxygens (including phenoxy) is 4. The quantitative estimate of drug-likeness (QED) is 0.186. The van der Waals surface area contributed by atoms with Gasteiger partial charge in [0.05, 0.1) is 19.3 Å². The van der Waals surface area contributed by atoms with Crippen LogP contribution >= 0.6 is 24.0 Å². The zero-order valence-electron chi connectivity index (χ0n) is 16.7. The van der Waals surface area contributed by atoms with E-state index in [1.165, 1.54) is 0 Å². The highest BCUT2D eigenvalue weighted by molar-refractivity contribution is 14.0. The third-order valence-corrected chi connectivity index (χ3v) is 4.57. The number of rotatable bonds is 12. The van der Waals surface area contributed by atoms with E-state index in [4.69, 9.17) is 18.9 Å². The molecule has 0 amide bonds. The molecule has 27 heavy (non-hydrogen) atoms. The standard InChI is InChI=1S/C19H37N3O4.HI/c1-2-20-19(21-8-3-10-24-15-17-5-12-25-16-17)22-9-4-11-26-18-6-13-23-14-7-18;/h17-18H,2-16H2,1H3,(H2,20,21,22);1H. The van der Waals surface area contributed by atoms with Crippen LogP contribution in [-0.2, 0) is 18.9 Å². The van der Waals surface area contributed by atoms with Crippen molar-refractivity contribution in [2.75, 3.05) is 65.9 Å². The predicted molar refractivity (Wildman–Crippen MR) is 118 cm³/mol. The predicted octanol–water partition coefficient (Wildman–Crippen LogP) is 2.19. The first kappa shape index (κ1) is 24.9. The molecule has 1 atom stereocenters.